The van der Waals surface area contributed by atoms with E-state index >= 15 is 0 Å². The van der Waals surface area contributed by atoms with Crippen molar-refractivity contribution in [3.63, 3.8) is 0 Å². The number of benzene rings is 1. The Balaban J connectivity index is 2.32. The number of halogens is 2. The smallest absolute Gasteiger partial charge is 0.221 e. The van der Waals surface area contributed by atoms with Crippen LogP contribution in [0.5, 0.6) is 0 Å². The summed E-state index contributed by atoms with van der Waals surface area (Å²) in [6.45, 7) is 6.33. The Morgan fingerprint density at radius 3 is 2.58 bits per heavy atom. The summed E-state index contributed by atoms with van der Waals surface area (Å²) in [5.74, 6) is -1.77. The monoisotopic (exact) mass is 270 g/mol. The highest BCUT2D eigenvalue weighted by Crippen LogP contribution is 2.10. The molecule has 1 rings (SSSR count). The molecular weight excluding hydrogens is 250 g/mol. The fourth-order valence-corrected chi connectivity index (χ4v) is 1.59. The predicted molar refractivity (Wildman–Crippen MR) is 70.6 cm³/mol. The Bertz CT molecular complexity index is 442. The van der Waals surface area contributed by atoms with Gasteiger partial charge in [-0.05, 0) is 26.8 Å². The summed E-state index contributed by atoms with van der Waals surface area (Å²) in [7, 11) is 0. The van der Waals surface area contributed by atoms with Crippen LogP contribution in [-0.4, -0.2) is 18.0 Å². The van der Waals surface area contributed by atoms with Gasteiger partial charge < -0.3 is 10.6 Å². The quantitative estimate of drug-likeness (QED) is 0.806. The van der Waals surface area contributed by atoms with Gasteiger partial charge in [0.15, 0.2) is 11.6 Å². The van der Waals surface area contributed by atoms with E-state index in [9.17, 15) is 13.6 Å². The van der Waals surface area contributed by atoms with Crippen LogP contribution in [0.2, 0.25) is 0 Å². The van der Waals surface area contributed by atoms with Crippen LogP contribution >= 0.6 is 0 Å². The number of hydrogen-bond donors (Lipinski definition) is 2. The van der Waals surface area contributed by atoms with Gasteiger partial charge in [0.05, 0.1) is 0 Å². The average Bonchev–Trinajstić information content (AvgIpc) is 2.27. The highest BCUT2D eigenvalue weighted by molar-refractivity contribution is 5.76. The molecule has 0 aliphatic rings. The molecule has 0 heterocycles. The van der Waals surface area contributed by atoms with E-state index in [2.05, 4.69) is 10.6 Å². The molecule has 0 unspecified atom stereocenters. The minimum Gasteiger partial charge on any atom is -0.351 e. The second-order valence-electron chi connectivity index (χ2n) is 5.44. The largest absolute Gasteiger partial charge is 0.351 e. The van der Waals surface area contributed by atoms with E-state index in [0.717, 1.165) is 6.07 Å². The second kappa shape index (κ2) is 6.61. The number of amides is 1. The summed E-state index contributed by atoms with van der Waals surface area (Å²) in [4.78, 5) is 11.5. The van der Waals surface area contributed by atoms with Gasteiger partial charge in [0.2, 0.25) is 5.91 Å². The zero-order chi connectivity index (χ0) is 14.5. The molecule has 0 saturated carbocycles. The fourth-order valence-electron chi connectivity index (χ4n) is 1.59. The lowest BCUT2D eigenvalue weighted by molar-refractivity contribution is -0.122. The molecule has 106 valence electrons. The van der Waals surface area contributed by atoms with E-state index in [-0.39, 0.29) is 23.6 Å². The molecule has 0 radical (unpaired) electrons. The molecule has 0 spiro atoms. The third-order valence-corrected chi connectivity index (χ3v) is 2.39. The van der Waals surface area contributed by atoms with Gasteiger partial charge in [-0.1, -0.05) is 12.1 Å². The lowest BCUT2D eigenvalue weighted by atomic mass is 10.1. The molecule has 5 heteroatoms. The van der Waals surface area contributed by atoms with E-state index in [4.69, 9.17) is 0 Å². The molecule has 0 fully saturated rings. The van der Waals surface area contributed by atoms with Crippen molar-refractivity contribution >= 4 is 5.91 Å². The van der Waals surface area contributed by atoms with E-state index in [1.165, 1.54) is 12.1 Å². The van der Waals surface area contributed by atoms with Crippen LogP contribution in [0.1, 0.15) is 32.8 Å². The van der Waals surface area contributed by atoms with Gasteiger partial charge in [0.1, 0.15) is 0 Å². The van der Waals surface area contributed by atoms with Gasteiger partial charge in [-0.15, -0.1) is 0 Å². The zero-order valence-corrected chi connectivity index (χ0v) is 11.5. The lowest BCUT2D eigenvalue weighted by Gasteiger charge is -2.20. The first-order valence-electron chi connectivity index (χ1n) is 6.24. The summed E-state index contributed by atoms with van der Waals surface area (Å²) in [6, 6.07) is 4.05. The molecule has 0 aliphatic carbocycles. The van der Waals surface area contributed by atoms with Gasteiger partial charge in [0, 0.05) is 30.6 Å². The van der Waals surface area contributed by atoms with Crippen molar-refractivity contribution in [2.45, 2.75) is 39.3 Å². The fraction of sp³-hybridized carbons (Fsp3) is 0.500. The molecule has 1 aromatic carbocycles. The van der Waals surface area contributed by atoms with Crippen LogP contribution in [0.4, 0.5) is 8.78 Å². The van der Waals surface area contributed by atoms with Gasteiger partial charge in [-0.2, -0.15) is 0 Å². The summed E-state index contributed by atoms with van der Waals surface area (Å²) < 4.78 is 26.3. The maximum absolute atomic E-state index is 13.3. The SMILES string of the molecule is CC(C)(C)NC(=O)CCNCc1cccc(F)c1F. The molecular formula is C14H20F2N2O. The Hall–Kier alpha value is -1.49. The molecule has 0 atom stereocenters. The molecule has 3 nitrogen and oxygen atoms in total. The third kappa shape index (κ3) is 5.79. The molecule has 1 amide bonds. The Kier molecular flexibility index (Phi) is 5.42. The molecule has 0 bridgehead atoms. The van der Waals surface area contributed by atoms with Crippen LogP contribution in [0.25, 0.3) is 0 Å². The van der Waals surface area contributed by atoms with Gasteiger partial charge >= 0.3 is 0 Å². The van der Waals surface area contributed by atoms with E-state index in [1.807, 2.05) is 20.8 Å². The summed E-state index contributed by atoms with van der Waals surface area (Å²) in [5.41, 5.74) is 0.00221. The minimum absolute atomic E-state index is 0.0697. The topological polar surface area (TPSA) is 41.1 Å². The van der Waals surface area contributed by atoms with Gasteiger partial charge in [-0.25, -0.2) is 8.78 Å². The average molecular weight is 270 g/mol. The summed E-state index contributed by atoms with van der Waals surface area (Å²) in [6.07, 6.45) is 0.300. The van der Waals surface area contributed by atoms with Crippen molar-refractivity contribution in [3.05, 3.63) is 35.4 Å². The number of carbonyl (C=O) groups excluding carboxylic acids is 1. The third-order valence-electron chi connectivity index (χ3n) is 2.39. The first kappa shape index (κ1) is 15.6. The highest BCUT2D eigenvalue weighted by atomic mass is 19.2. The van der Waals surface area contributed by atoms with Crippen molar-refractivity contribution in [2.24, 2.45) is 0 Å². The Morgan fingerprint density at radius 1 is 1.26 bits per heavy atom. The lowest BCUT2D eigenvalue weighted by Crippen LogP contribution is -2.41. The first-order chi connectivity index (χ1) is 8.79. The number of rotatable bonds is 5. The highest BCUT2D eigenvalue weighted by Gasteiger charge is 2.13. The number of nitrogens with one attached hydrogen (secondary N) is 2. The maximum atomic E-state index is 13.3. The van der Waals surface area contributed by atoms with Crippen molar-refractivity contribution in [1.82, 2.24) is 10.6 Å². The molecule has 0 aliphatic heterocycles. The number of carbonyl (C=O) groups is 1. The standard InChI is InChI=1S/C14H20F2N2O/c1-14(2,3)18-12(19)7-8-17-9-10-5-4-6-11(15)13(10)16/h4-6,17H,7-9H2,1-3H3,(H,18,19). The van der Waals surface area contributed by atoms with Crippen molar-refractivity contribution in [2.75, 3.05) is 6.54 Å². The van der Waals surface area contributed by atoms with Gasteiger partial charge in [0.25, 0.3) is 0 Å². The van der Waals surface area contributed by atoms with Crippen molar-refractivity contribution < 1.29 is 13.6 Å². The zero-order valence-electron chi connectivity index (χ0n) is 11.5. The van der Waals surface area contributed by atoms with Crippen LogP contribution < -0.4 is 10.6 Å². The van der Waals surface area contributed by atoms with Gasteiger partial charge in [-0.3, -0.25) is 4.79 Å². The van der Waals surface area contributed by atoms with E-state index in [0.29, 0.717) is 13.0 Å². The van der Waals surface area contributed by atoms with Crippen LogP contribution in [0.15, 0.2) is 18.2 Å². The maximum Gasteiger partial charge on any atom is 0.221 e. The molecule has 19 heavy (non-hydrogen) atoms. The molecule has 0 aromatic heterocycles. The normalized spacial score (nSPS) is 11.4. The number of hydrogen-bond acceptors (Lipinski definition) is 2. The molecule has 1 aromatic rings. The van der Waals surface area contributed by atoms with Crippen LogP contribution in [0.3, 0.4) is 0 Å². The van der Waals surface area contributed by atoms with E-state index in [1.54, 1.807) is 0 Å². The molecule has 0 saturated heterocycles. The van der Waals surface area contributed by atoms with Crippen LogP contribution in [-0.2, 0) is 11.3 Å². The molecule has 2 N–H and O–H groups in total. The minimum atomic E-state index is -0.857. The van der Waals surface area contributed by atoms with Crippen molar-refractivity contribution in [1.29, 1.82) is 0 Å². The first-order valence-corrected chi connectivity index (χ1v) is 6.24. The predicted octanol–water partition coefficient (Wildman–Crippen LogP) is 2.36. The second-order valence-corrected chi connectivity index (χ2v) is 5.44. The Labute approximate surface area is 112 Å². The summed E-state index contributed by atoms with van der Waals surface area (Å²) >= 11 is 0. The van der Waals surface area contributed by atoms with Crippen LogP contribution in [0, 0.1) is 11.6 Å². The Morgan fingerprint density at radius 2 is 1.95 bits per heavy atom. The summed E-state index contributed by atoms with van der Waals surface area (Å²) in [5, 5.41) is 5.74. The van der Waals surface area contributed by atoms with E-state index < -0.39 is 11.6 Å². The van der Waals surface area contributed by atoms with Crippen molar-refractivity contribution in [3.8, 4) is 0 Å².